The Balaban J connectivity index is 1.79. The van der Waals surface area contributed by atoms with Gasteiger partial charge in [0.1, 0.15) is 5.69 Å². The van der Waals surface area contributed by atoms with E-state index >= 15 is 0 Å². The van der Waals surface area contributed by atoms with Crippen molar-refractivity contribution in [1.29, 1.82) is 0 Å². The Morgan fingerprint density at radius 1 is 1.29 bits per heavy atom. The number of hydrogen-bond acceptors (Lipinski definition) is 5. The molecule has 3 N–H and O–H groups in total. The van der Waals surface area contributed by atoms with Gasteiger partial charge in [-0.25, -0.2) is 8.78 Å². The molecule has 9 heteroatoms. The van der Waals surface area contributed by atoms with Crippen LogP contribution in [0.15, 0.2) is 36.5 Å². The Bertz CT molecular complexity index is 1130. The third-order valence-electron chi connectivity index (χ3n) is 5.45. The maximum absolute atomic E-state index is 13.5. The summed E-state index contributed by atoms with van der Waals surface area (Å²) in [7, 11) is 1.57. The lowest BCUT2D eigenvalue weighted by Gasteiger charge is -2.41. The number of amides is 2. The SMILES string of the molecule is CN1CC[C@@](O)(C#Cc2cc(-c3cccnc3C(N)=O)ccc2N2CC(F)(F)C2)C1=O. The van der Waals surface area contributed by atoms with Gasteiger partial charge in [-0.15, -0.1) is 0 Å². The molecule has 2 fully saturated rings. The maximum atomic E-state index is 13.5. The van der Waals surface area contributed by atoms with Gasteiger partial charge < -0.3 is 20.6 Å². The van der Waals surface area contributed by atoms with Crippen LogP contribution in [-0.2, 0) is 4.79 Å². The summed E-state index contributed by atoms with van der Waals surface area (Å²) in [4.78, 5) is 30.9. The number of aromatic nitrogens is 1. The molecule has 3 heterocycles. The van der Waals surface area contributed by atoms with Gasteiger partial charge in [0.25, 0.3) is 17.7 Å². The van der Waals surface area contributed by atoms with Crippen LogP contribution in [0.3, 0.4) is 0 Å². The van der Waals surface area contributed by atoms with Crippen molar-refractivity contribution in [3.63, 3.8) is 0 Å². The van der Waals surface area contributed by atoms with Crippen molar-refractivity contribution in [3.05, 3.63) is 47.8 Å². The predicted octanol–water partition coefficient (Wildman–Crippen LogP) is 1.25. The number of nitrogens with zero attached hydrogens (tertiary/aromatic N) is 3. The molecule has 0 spiro atoms. The molecule has 31 heavy (non-hydrogen) atoms. The second kappa shape index (κ2) is 7.32. The molecule has 0 radical (unpaired) electrons. The number of aliphatic hydroxyl groups is 1. The molecule has 2 amide bonds. The highest BCUT2D eigenvalue weighted by molar-refractivity contribution is 5.98. The van der Waals surface area contributed by atoms with Crippen LogP contribution in [0.25, 0.3) is 11.1 Å². The lowest BCUT2D eigenvalue weighted by atomic mass is 9.97. The van der Waals surface area contributed by atoms with Crippen molar-refractivity contribution < 1.29 is 23.5 Å². The third-order valence-corrected chi connectivity index (χ3v) is 5.45. The van der Waals surface area contributed by atoms with E-state index in [9.17, 15) is 23.5 Å². The van der Waals surface area contributed by atoms with Crippen LogP contribution in [0.2, 0.25) is 0 Å². The fourth-order valence-electron chi connectivity index (χ4n) is 3.74. The van der Waals surface area contributed by atoms with E-state index < -0.39 is 36.4 Å². The fourth-order valence-corrected chi connectivity index (χ4v) is 3.74. The minimum atomic E-state index is -2.78. The Morgan fingerprint density at radius 2 is 2.03 bits per heavy atom. The smallest absolute Gasteiger partial charge is 0.282 e. The average Bonchev–Trinajstić information content (AvgIpc) is 2.98. The van der Waals surface area contributed by atoms with E-state index in [4.69, 9.17) is 5.73 Å². The van der Waals surface area contributed by atoms with Crippen molar-refractivity contribution in [2.75, 3.05) is 31.6 Å². The molecule has 1 aromatic heterocycles. The van der Waals surface area contributed by atoms with E-state index in [1.165, 1.54) is 16.0 Å². The summed E-state index contributed by atoms with van der Waals surface area (Å²) in [6.07, 6.45) is 1.60. The standard InChI is InChI=1S/C22H20F2N4O3/c1-27-10-8-21(31,20(27)30)7-6-15-11-14(16-3-2-9-26-18(16)19(25)29)4-5-17(15)28-12-22(23,24)13-28/h2-5,9,11,31H,8,10,12-13H2,1H3,(H2,25,29)/t21-/m0/s1. The van der Waals surface area contributed by atoms with Crippen molar-refractivity contribution in [1.82, 2.24) is 9.88 Å². The first-order valence-corrected chi connectivity index (χ1v) is 9.63. The molecule has 4 rings (SSSR count). The first kappa shape index (κ1) is 20.8. The number of primary amides is 1. The molecule has 7 nitrogen and oxygen atoms in total. The summed E-state index contributed by atoms with van der Waals surface area (Å²) in [5, 5.41) is 10.6. The van der Waals surface area contributed by atoms with E-state index in [-0.39, 0.29) is 12.1 Å². The van der Waals surface area contributed by atoms with Gasteiger partial charge in [0, 0.05) is 37.3 Å². The van der Waals surface area contributed by atoms with Crippen LogP contribution < -0.4 is 10.6 Å². The largest absolute Gasteiger partial charge is 0.369 e. The molecule has 1 atom stereocenters. The topological polar surface area (TPSA) is 99.8 Å². The average molecular weight is 426 g/mol. The van der Waals surface area contributed by atoms with Crippen LogP contribution in [0.5, 0.6) is 0 Å². The number of likely N-dealkylation sites (tertiary alicyclic amines) is 1. The lowest BCUT2D eigenvalue weighted by Crippen LogP contribution is -2.56. The highest BCUT2D eigenvalue weighted by Crippen LogP contribution is 2.36. The zero-order valence-electron chi connectivity index (χ0n) is 16.7. The van der Waals surface area contributed by atoms with Gasteiger partial charge in [0.05, 0.1) is 18.8 Å². The summed E-state index contributed by atoms with van der Waals surface area (Å²) < 4.78 is 26.9. The third kappa shape index (κ3) is 3.82. The zero-order chi connectivity index (χ0) is 22.4. The summed E-state index contributed by atoms with van der Waals surface area (Å²) in [6, 6.07) is 8.23. The van der Waals surface area contributed by atoms with E-state index in [0.717, 1.165) is 0 Å². The van der Waals surface area contributed by atoms with Gasteiger partial charge in [-0.3, -0.25) is 14.6 Å². The number of halogens is 2. The molecular weight excluding hydrogens is 406 g/mol. The van der Waals surface area contributed by atoms with E-state index in [2.05, 4.69) is 16.8 Å². The second-order valence-corrected chi connectivity index (χ2v) is 7.79. The number of hydrogen-bond donors (Lipinski definition) is 2. The lowest BCUT2D eigenvalue weighted by molar-refractivity contribution is -0.137. The van der Waals surface area contributed by atoms with Crippen LogP contribution in [0.4, 0.5) is 14.5 Å². The van der Waals surface area contributed by atoms with Crippen LogP contribution >= 0.6 is 0 Å². The van der Waals surface area contributed by atoms with Gasteiger partial charge in [-0.05, 0) is 23.8 Å². The Hall–Kier alpha value is -3.51. The molecule has 2 aromatic rings. The number of pyridine rings is 1. The summed E-state index contributed by atoms with van der Waals surface area (Å²) in [5.74, 6) is 1.45. The van der Waals surface area contributed by atoms with E-state index in [1.54, 1.807) is 37.4 Å². The van der Waals surface area contributed by atoms with Gasteiger partial charge in [0.15, 0.2) is 0 Å². The Labute approximate surface area is 177 Å². The molecule has 160 valence electrons. The number of likely N-dealkylation sites (N-methyl/N-ethyl adjacent to an activating group) is 1. The number of rotatable bonds is 3. The first-order valence-electron chi connectivity index (χ1n) is 9.63. The van der Waals surface area contributed by atoms with Crippen molar-refractivity contribution in [2.24, 2.45) is 5.73 Å². The quantitative estimate of drug-likeness (QED) is 0.720. The molecule has 2 aliphatic rings. The van der Waals surface area contributed by atoms with Gasteiger partial charge in [-0.2, -0.15) is 0 Å². The summed E-state index contributed by atoms with van der Waals surface area (Å²) in [5.41, 5.74) is 5.49. The molecule has 0 aliphatic carbocycles. The summed E-state index contributed by atoms with van der Waals surface area (Å²) >= 11 is 0. The number of alkyl halides is 2. The minimum absolute atomic E-state index is 0.0656. The van der Waals surface area contributed by atoms with E-state index in [1.807, 2.05) is 0 Å². The fraction of sp³-hybridized carbons (Fsp3) is 0.318. The normalized spacial score (nSPS) is 22.0. The van der Waals surface area contributed by atoms with Crippen LogP contribution in [0.1, 0.15) is 22.5 Å². The summed E-state index contributed by atoms with van der Waals surface area (Å²) in [6.45, 7) is -0.536. The molecule has 0 bridgehead atoms. The van der Waals surface area contributed by atoms with Crippen LogP contribution in [0, 0.1) is 11.8 Å². The maximum Gasteiger partial charge on any atom is 0.282 e. The predicted molar refractivity (Wildman–Crippen MR) is 109 cm³/mol. The van der Waals surface area contributed by atoms with E-state index in [0.29, 0.717) is 28.9 Å². The highest BCUT2D eigenvalue weighted by atomic mass is 19.3. The van der Waals surface area contributed by atoms with Gasteiger partial charge in [0.2, 0.25) is 5.60 Å². The second-order valence-electron chi connectivity index (χ2n) is 7.79. The number of nitrogens with two attached hydrogens (primary N) is 1. The Kier molecular flexibility index (Phi) is 4.90. The Morgan fingerprint density at radius 3 is 2.65 bits per heavy atom. The van der Waals surface area contributed by atoms with Crippen LogP contribution in [-0.4, -0.2) is 65.0 Å². The zero-order valence-corrected chi connectivity index (χ0v) is 16.7. The van der Waals surface area contributed by atoms with Crippen molar-refractivity contribution in [3.8, 4) is 23.0 Å². The molecular formula is C22H20F2N4O3. The van der Waals surface area contributed by atoms with Gasteiger partial charge in [-0.1, -0.05) is 24.0 Å². The monoisotopic (exact) mass is 426 g/mol. The molecule has 0 saturated carbocycles. The minimum Gasteiger partial charge on any atom is -0.369 e. The molecule has 2 aliphatic heterocycles. The first-order chi connectivity index (χ1) is 14.6. The molecule has 2 saturated heterocycles. The van der Waals surface area contributed by atoms with Crippen molar-refractivity contribution in [2.45, 2.75) is 17.9 Å². The number of carbonyl (C=O) groups is 2. The number of carbonyl (C=O) groups excluding carboxylic acids is 2. The van der Waals surface area contributed by atoms with Crippen molar-refractivity contribution >= 4 is 17.5 Å². The number of benzene rings is 1. The molecule has 1 aromatic carbocycles. The number of anilines is 1. The highest BCUT2D eigenvalue weighted by Gasteiger charge is 2.45. The van der Waals surface area contributed by atoms with Gasteiger partial charge >= 0.3 is 0 Å². The molecule has 0 unspecified atom stereocenters.